The lowest BCUT2D eigenvalue weighted by atomic mass is 10.2. The van der Waals surface area contributed by atoms with E-state index in [-0.39, 0.29) is 11.9 Å². The largest absolute Gasteiger partial charge is 0.490 e. The van der Waals surface area contributed by atoms with Gasteiger partial charge in [-0.25, -0.2) is 0 Å². The summed E-state index contributed by atoms with van der Waals surface area (Å²) < 4.78 is 11.3. The average Bonchev–Trinajstić information content (AvgIpc) is 2.45. The van der Waals surface area contributed by atoms with Crippen molar-refractivity contribution in [2.45, 2.75) is 6.10 Å². The molecule has 19 heavy (non-hydrogen) atoms. The highest BCUT2D eigenvalue weighted by molar-refractivity contribution is 5.99. The van der Waals surface area contributed by atoms with Gasteiger partial charge < -0.3 is 25.3 Å². The van der Waals surface area contributed by atoms with Crippen molar-refractivity contribution in [2.75, 3.05) is 33.4 Å². The van der Waals surface area contributed by atoms with E-state index in [0.717, 1.165) is 13.1 Å². The summed E-state index contributed by atoms with van der Waals surface area (Å²) in [7, 11) is 2.06. The standard InChI is InChI=1S/C13H19N3O3/c1-16-6-7-18-10(8-16)9-19-12-5-3-2-4-11(12)13(14)15-17/h2-5,10,17H,6-9H2,1H3,(H2,14,15). The van der Waals surface area contributed by atoms with Crippen LogP contribution in [0.15, 0.2) is 29.4 Å². The van der Waals surface area contributed by atoms with Crippen LogP contribution in [0, 0.1) is 0 Å². The van der Waals surface area contributed by atoms with Crippen molar-refractivity contribution < 1.29 is 14.7 Å². The fourth-order valence-electron chi connectivity index (χ4n) is 2.01. The van der Waals surface area contributed by atoms with Gasteiger partial charge in [0.25, 0.3) is 0 Å². The number of morpholine rings is 1. The average molecular weight is 265 g/mol. The summed E-state index contributed by atoms with van der Waals surface area (Å²) >= 11 is 0. The molecule has 1 fully saturated rings. The van der Waals surface area contributed by atoms with E-state index in [2.05, 4.69) is 17.1 Å². The number of nitrogens with zero attached hydrogens (tertiary/aromatic N) is 2. The Hall–Kier alpha value is -1.79. The molecular formula is C13H19N3O3. The SMILES string of the molecule is CN1CCOC(COc2ccccc2C(N)=NO)C1. The Balaban J connectivity index is 1.99. The summed E-state index contributed by atoms with van der Waals surface area (Å²) in [5.41, 5.74) is 6.18. The lowest BCUT2D eigenvalue weighted by Crippen LogP contribution is -2.42. The second-order valence-corrected chi connectivity index (χ2v) is 4.55. The van der Waals surface area contributed by atoms with Crippen LogP contribution in [0.4, 0.5) is 0 Å². The Morgan fingerprint density at radius 2 is 2.37 bits per heavy atom. The zero-order chi connectivity index (χ0) is 13.7. The van der Waals surface area contributed by atoms with Crippen LogP contribution in [0.25, 0.3) is 0 Å². The number of rotatable bonds is 4. The first-order valence-corrected chi connectivity index (χ1v) is 6.20. The first-order chi connectivity index (χ1) is 9.20. The number of amidine groups is 1. The van der Waals surface area contributed by atoms with Gasteiger partial charge in [-0.2, -0.15) is 0 Å². The number of hydrogen-bond donors (Lipinski definition) is 2. The van der Waals surface area contributed by atoms with Gasteiger partial charge in [-0.3, -0.25) is 0 Å². The molecule has 6 heteroatoms. The van der Waals surface area contributed by atoms with Crippen LogP contribution in [-0.2, 0) is 4.74 Å². The molecule has 1 aromatic rings. The summed E-state index contributed by atoms with van der Waals surface area (Å²) in [6, 6.07) is 7.20. The third-order valence-corrected chi connectivity index (χ3v) is 3.04. The lowest BCUT2D eigenvalue weighted by molar-refractivity contribution is -0.0403. The Labute approximate surface area is 112 Å². The molecule has 0 aromatic heterocycles. The van der Waals surface area contributed by atoms with E-state index >= 15 is 0 Å². The molecule has 104 valence electrons. The number of benzene rings is 1. The van der Waals surface area contributed by atoms with Crippen LogP contribution in [0.5, 0.6) is 5.75 Å². The second-order valence-electron chi connectivity index (χ2n) is 4.55. The van der Waals surface area contributed by atoms with E-state index < -0.39 is 0 Å². The van der Waals surface area contributed by atoms with Crippen LogP contribution in [-0.4, -0.2) is 55.4 Å². The maximum atomic E-state index is 8.74. The molecule has 1 atom stereocenters. The minimum Gasteiger partial charge on any atom is -0.490 e. The van der Waals surface area contributed by atoms with Crippen molar-refractivity contribution in [3.05, 3.63) is 29.8 Å². The molecule has 1 aromatic carbocycles. The minimum atomic E-state index is 0.0391. The van der Waals surface area contributed by atoms with Crippen molar-refractivity contribution >= 4 is 5.84 Å². The highest BCUT2D eigenvalue weighted by Gasteiger charge is 2.19. The van der Waals surface area contributed by atoms with Gasteiger partial charge in [0.05, 0.1) is 12.2 Å². The Bertz CT molecular complexity index is 451. The van der Waals surface area contributed by atoms with Crippen LogP contribution < -0.4 is 10.5 Å². The molecule has 0 radical (unpaired) electrons. The maximum Gasteiger partial charge on any atom is 0.173 e. The van der Waals surface area contributed by atoms with Gasteiger partial charge >= 0.3 is 0 Å². The molecule has 0 saturated carbocycles. The molecule has 0 aliphatic carbocycles. The smallest absolute Gasteiger partial charge is 0.173 e. The molecule has 1 saturated heterocycles. The normalized spacial score (nSPS) is 21.3. The Morgan fingerprint density at radius 1 is 1.58 bits per heavy atom. The number of para-hydroxylation sites is 1. The fourth-order valence-corrected chi connectivity index (χ4v) is 2.01. The van der Waals surface area contributed by atoms with Crippen molar-refractivity contribution in [3.63, 3.8) is 0 Å². The van der Waals surface area contributed by atoms with Gasteiger partial charge in [-0.1, -0.05) is 17.3 Å². The van der Waals surface area contributed by atoms with E-state index in [1.54, 1.807) is 12.1 Å². The van der Waals surface area contributed by atoms with Gasteiger partial charge in [-0.15, -0.1) is 0 Å². The number of oxime groups is 1. The van der Waals surface area contributed by atoms with Crippen LogP contribution >= 0.6 is 0 Å². The van der Waals surface area contributed by atoms with Crippen LogP contribution in [0.1, 0.15) is 5.56 Å². The second kappa shape index (κ2) is 6.40. The summed E-state index contributed by atoms with van der Waals surface area (Å²) in [6.07, 6.45) is 0.0408. The molecule has 0 amide bonds. The van der Waals surface area contributed by atoms with Gasteiger partial charge in [0.2, 0.25) is 0 Å². The molecule has 0 spiro atoms. The Kier molecular flexibility index (Phi) is 4.59. The third-order valence-electron chi connectivity index (χ3n) is 3.04. The predicted molar refractivity (Wildman–Crippen MR) is 71.7 cm³/mol. The summed E-state index contributed by atoms with van der Waals surface area (Å²) in [4.78, 5) is 2.20. The molecule has 3 N–H and O–H groups in total. The van der Waals surface area contributed by atoms with Gasteiger partial charge in [0.15, 0.2) is 5.84 Å². The highest BCUT2D eigenvalue weighted by atomic mass is 16.5. The van der Waals surface area contributed by atoms with E-state index in [4.69, 9.17) is 20.4 Å². The minimum absolute atomic E-state index is 0.0391. The van der Waals surface area contributed by atoms with E-state index in [0.29, 0.717) is 24.5 Å². The van der Waals surface area contributed by atoms with Crippen molar-refractivity contribution in [1.82, 2.24) is 4.90 Å². The summed E-state index contributed by atoms with van der Waals surface area (Å²) in [5.74, 6) is 0.631. The topological polar surface area (TPSA) is 80.3 Å². The Morgan fingerprint density at radius 3 is 3.11 bits per heavy atom. The number of ether oxygens (including phenoxy) is 2. The molecule has 1 unspecified atom stereocenters. The highest BCUT2D eigenvalue weighted by Crippen LogP contribution is 2.18. The first-order valence-electron chi connectivity index (χ1n) is 6.20. The van der Waals surface area contributed by atoms with Crippen molar-refractivity contribution in [3.8, 4) is 5.75 Å². The molecule has 1 aliphatic rings. The van der Waals surface area contributed by atoms with E-state index in [9.17, 15) is 0 Å². The molecule has 0 bridgehead atoms. The van der Waals surface area contributed by atoms with Crippen LogP contribution in [0.3, 0.4) is 0 Å². The van der Waals surface area contributed by atoms with Gasteiger partial charge in [0.1, 0.15) is 18.5 Å². The molecule has 6 nitrogen and oxygen atoms in total. The zero-order valence-electron chi connectivity index (χ0n) is 11.0. The first kappa shape index (κ1) is 13.6. The predicted octanol–water partition coefficient (Wildman–Crippen LogP) is 0.491. The zero-order valence-corrected chi connectivity index (χ0v) is 11.0. The van der Waals surface area contributed by atoms with Crippen molar-refractivity contribution in [1.29, 1.82) is 0 Å². The number of likely N-dealkylation sites (N-methyl/N-ethyl adjacent to an activating group) is 1. The summed E-state index contributed by atoms with van der Waals surface area (Å²) in [5, 5.41) is 11.7. The van der Waals surface area contributed by atoms with Gasteiger partial charge in [-0.05, 0) is 19.2 Å². The molecule has 2 rings (SSSR count). The molecule has 1 aliphatic heterocycles. The van der Waals surface area contributed by atoms with Crippen LogP contribution in [0.2, 0.25) is 0 Å². The number of nitrogens with two attached hydrogens (primary N) is 1. The van der Waals surface area contributed by atoms with E-state index in [1.165, 1.54) is 0 Å². The lowest BCUT2D eigenvalue weighted by Gasteiger charge is -2.30. The quantitative estimate of drug-likeness (QED) is 0.358. The summed E-state index contributed by atoms with van der Waals surface area (Å²) in [6.45, 7) is 2.94. The monoisotopic (exact) mass is 265 g/mol. The van der Waals surface area contributed by atoms with Crippen molar-refractivity contribution in [2.24, 2.45) is 10.9 Å². The third kappa shape index (κ3) is 3.59. The fraction of sp³-hybridized carbons (Fsp3) is 0.462. The van der Waals surface area contributed by atoms with E-state index in [1.807, 2.05) is 12.1 Å². The number of hydrogen-bond acceptors (Lipinski definition) is 5. The van der Waals surface area contributed by atoms with Gasteiger partial charge in [0, 0.05) is 13.1 Å². The maximum absolute atomic E-state index is 8.74. The molecular weight excluding hydrogens is 246 g/mol. The molecule has 1 heterocycles.